The number of ether oxygens (including phenoxy) is 1. The van der Waals surface area contributed by atoms with Gasteiger partial charge in [0.25, 0.3) is 5.91 Å². The van der Waals surface area contributed by atoms with Crippen molar-refractivity contribution in [2.75, 3.05) is 13.2 Å². The van der Waals surface area contributed by atoms with Crippen molar-refractivity contribution < 1.29 is 18.7 Å². The fourth-order valence-electron chi connectivity index (χ4n) is 2.77. The number of halogens is 1. The summed E-state index contributed by atoms with van der Waals surface area (Å²) in [5.41, 5.74) is 3.19. The maximum absolute atomic E-state index is 12.9. The summed E-state index contributed by atoms with van der Waals surface area (Å²) in [6.07, 6.45) is 4.36. The zero-order valence-corrected chi connectivity index (χ0v) is 15.5. The Balaban J connectivity index is 1.49. The van der Waals surface area contributed by atoms with Gasteiger partial charge in [0, 0.05) is 24.6 Å². The van der Waals surface area contributed by atoms with E-state index in [1.54, 1.807) is 24.3 Å². The van der Waals surface area contributed by atoms with Crippen molar-refractivity contribution in [3.8, 4) is 5.69 Å². The average Bonchev–Trinajstić information content (AvgIpc) is 3.22. The standard InChI is InChI=1S/C22H21FN2O3/c1-16-4-7-18(14-20(16)25-12-2-3-13-25)22(27)28-15-21(26)24-11-10-17-5-8-19(23)9-6-17/h2-9,12-14H,10-11,15H2,1H3,(H,24,26). The third-order valence-electron chi connectivity index (χ3n) is 4.31. The Hall–Kier alpha value is -3.41. The van der Waals surface area contributed by atoms with E-state index in [0.29, 0.717) is 18.5 Å². The molecule has 0 bridgehead atoms. The van der Waals surface area contributed by atoms with Crippen LogP contribution in [0.1, 0.15) is 21.5 Å². The molecule has 0 atom stereocenters. The van der Waals surface area contributed by atoms with E-state index in [0.717, 1.165) is 16.8 Å². The van der Waals surface area contributed by atoms with Gasteiger partial charge < -0.3 is 14.6 Å². The number of carbonyl (C=O) groups is 2. The molecular formula is C22H21FN2O3. The molecule has 0 spiro atoms. The van der Waals surface area contributed by atoms with Crippen LogP contribution < -0.4 is 5.32 Å². The lowest BCUT2D eigenvalue weighted by atomic mass is 10.1. The molecule has 1 aromatic heterocycles. The van der Waals surface area contributed by atoms with Crippen LogP contribution in [0.3, 0.4) is 0 Å². The summed E-state index contributed by atoms with van der Waals surface area (Å²) in [4.78, 5) is 24.1. The van der Waals surface area contributed by atoms with Crippen LogP contribution in [-0.4, -0.2) is 29.6 Å². The highest BCUT2D eigenvalue weighted by Gasteiger charge is 2.12. The number of benzene rings is 2. The van der Waals surface area contributed by atoms with E-state index >= 15 is 0 Å². The second-order valence-corrected chi connectivity index (χ2v) is 6.39. The van der Waals surface area contributed by atoms with Crippen molar-refractivity contribution in [2.45, 2.75) is 13.3 Å². The van der Waals surface area contributed by atoms with Crippen molar-refractivity contribution >= 4 is 11.9 Å². The van der Waals surface area contributed by atoms with E-state index in [1.807, 2.05) is 42.1 Å². The molecule has 1 amide bonds. The largest absolute Gasteiger partial charge is 0.452 e. The molecule has 0 fully saturated rings. The summed E-state index contributed by atoms with van der Waals surface area (Å²) in [5, 5.41) is 2.68. The second kappa shape index (κ2) is 8.99. The quantitative estimate of drug-likeness (QED) is 0.639. The third kappa shape index (κ3) is 5.07. The van der Waals surface area contributed by atoms with Crippen LogP contribution in [0.5, 0.6) is 0 Å². The number of rotatable bonds is 7. The maximum Gasteiger partial charge on any atom is 0.338 e. The Kier molecular flexibility index (Phi) is 6.22. The molecule has 2 aromatic carbocycles. The Bertz CT molecular complexity index is 950. The van der Waals surface area contributed by atoms with Gasteiger partial charge >= 0.3 is 5.97 Å². The van der Waals surface area contributed by atoms with E-state index in [2.05, 4.69) is 5.32 Å². The van der Waals surface area contributed by atoms with Gasteiger partial charge in [0.15, 0.2) is 6.61 Å². The lowest BCUT2D eigenvalue weighted by Gasteiger charge is -2.10. The molecule has 0 aliphatic heterocycles. The van der Waals surface area contributed by atoms with Gasteiger partial charge in [-0.3, -0.25) is 4.79 Å². The first-order chi connectivity index (χ1) is 13.5. The SMILES string of the molecule is Cc1ccc(C(=O)OCC(=O)NCCc2ccc(F)cc2)cc1-n1cccc1. The molecule has 0 aliphatic rings. The number of aromatic nitrogens is 1. The van der Waals surface area contributed by atoms with Crippen LogP contribution in [0, 0.1) is 12.7 Å². The summed E-state index contributed by atoms with van der Waals surface area (Å²) in [5.74, 6) is -1.23. The van der Waals surface area contributed by atoms with Crippen molar-refractivity contribution in [1.29, 1.82) is 0 Å². The van der Waals surface area contributed by atoms with E-state index < -0.39 is 5.97 Å². The minimum absolute atomic E-state index is 0.296. The highest BCUT2D eigenvalue weighted by molar-refractivity contribution is 5.92. The molecule has 0 saturated carbocycles. The van der Waals surface area contributed by atoms with Crippen molar-refractivity contribution in [3.63, 3.8) is 0 Å². The van der Waals surface area contributed by atoms with Crippen molar-refractivity contribution in [3.05, 3.63) is 89.5 Å². The van der Waals surface area contributed by atoms with E-state index in [9.17, 15) is 14.0 Å². The Morgan fingerprint density at radius 2 is 1.79 bits per heavy atom. The van der Waals surface area contributed by atoms with Crippen LogP contribution >= 0.6 is 0 Å². The van der Waals surface area contributed by atoms with Gasteiger partial charge in [0.05, 0.1) is 5.56 Å². The van der Waals surface area contributed by atoms with Crippen LogP contribution in [0.2, 0.25) is 0 Å². The first-order valence-electron chi connectivity index (χ1n) is 8.95. The van der Waals surface area contributed by atoms with Crippen molar-refractivity contribution in [1.82, 2.24) is 9.88 Å². The highest BCUT2D eigenvalue weighted by atomic mass is 19.1. The van der Waals surface area contributed by atoms with Crippen LogP contribution in [0.4, 0.5) is 4.39 Å². The van der Waals surface area contributed by atoms with Crippen LogP contribution in [0.15, 0.2) is 67.0 Å². The minimum atomic E-state index is -0.554. The lowest BCUT2D eigenvalue weighted by molar-refractivity contribution is -0.124. The molecule has 1 heterocycles. The first-order valence-corrected chi connectivity index (χ1v) is 8.95. The molecule has 1 N–H and O–H groups in total. The summed E-state index contributed by atoms with van der Waals surface area (Å²) in [7, 11) is 0. The first kappa shape index (κ1) is 19.4. The zero-order valence-electron chi connectivity index (χ0n) is 15.5. The number of amides is 1. The molecule has 0 saturated heterocycles. The van der Waals surface area contributed by atoms with E-state index in [1.165, 1.54) is 12.1 Å². The van der Waals surface area contributed by atoms with Crippen molar-refractivity contribution in [2.24, 2.45) is 0 Å². The zero-order chi connectivity index (χ0) is 19.9. The lowest BCUT2D eigenvalue weighted by Crippen LogP contribution is -2.30. The number of hydrogen-bond acceptors (Lipinski definition) is 3. The molecule has 5 nitrogen and oxygen atoms in total. The fraction of sp³-hybridized carbons (Fsp3) is 0.182. The number of hydrogen-bond donors (Lipinski definition) is 1. The number of nitrogens with one attached hydrogen (secondary N) is 1. The predicted octanol–water partition coefficient (Wildman–Crippen LogP) is 3.44. The molecule has 3 rings (SSSR count). The fourth-order valence-corrected chi connectivity index (χ4v) is 2.77. The molecular weight excluding hydrogens is 359 g/mol. The highest BCUT2D eigenvalue weighted by Crippen LogP contribution is 2.17. The van der Waals surface area contributed by atoms with E-state index in [4.69, 9.17) is 4.74 Å². The Labute approximate surface area is 162 Å². The molecule has 0 unspecified atom stereocenters. The summed E-state index contributed by atoms with van der Waals surface area (Å²) in [6.45, 7) is 1.98. The van der Waals surface area contributed by atoms with Gasteiger partial charge in [-0.25, -0.2) is 9.18 Å². The number of esters is 1. The van der Waals surface area contributed by atoms with Gasteiger partial charge in [-0.05, 0) is 60.9 Å². The summed E-state index contributed by atoms with van der Waals surface area (Å²) < 4.78 is 19.9. The van der Waals surface area contributed by atoms with Crippen LogP contribution in [0.25, 0.3) is 5.69 Å². The number of aryl methyl sites for hydroxylation is 1. The molecule has 144 valence electrons. The predicted molar refractivity (Wildman–Crippen MR) is 104 cm³/mol. The van der Waals surface area contributed by atoms with Gasteiger partial charge in [-0.15, -0.1) is 0 Å². The maximum atomic E-state index is 12.9. The summed E-state index contributed by atoms with van der Waals surface area (Å²) in [6, 6.07) is 15.2. The number of nitrogens with zero attached hydrogens (tertiary/aromatic N) is 1. The molecule has 28 heavy (non-hydrogen) atoms. The van der Waals surface area contributed by atoms with Crippen LogP contribution in [-0.2, 0) is 16.0 Å². The summed E-state index contributed by atoms with van der Waals surface area (Å²) >= 11 is 0. The molecule has 0 radical (unpaired) electrons. The Morgan fingerprint density at radius 3 is 2.50 bits per heavy atom. The van der Waals surface area contributed by atoms with Gasteiger partial charge in [0.1, 0.15) is 5.82 Å². The topological polar surface area (TPSA) is 60.3 Å². The van der Waals surface area contributed by atoms with E-state index in [-0.39, 0.29) is 18.3 Å². The van der Waals surface area contributed by atoms with Gasteiger partial charge in [-0.1, -0.05) is 18.2 Å². The molecule has 0 aliphatic carbocycles. The average molecular weight is 380 g/mol. The minimum Gasteiger partial charge on any atom is -0.452 e. The monoisotopic (exact) mass is 380 g/mol. The van der Waals surface area contributed by atoms with Gasteiger partial charge in [-0.2, -0.15) is 0 Å². The number of carbonyl (C=O) groups excluding carboxylic acids is 2. The second-order valence-electron chi connectivity index (χ2n) is 6.39. The van der Waals surface area contributed by atoms with Gasteiger partial charge in [0.2, 0.25) is 0 Å². The molecule has 3 aromatic rings. The third-order valence-corrected chi connectivity index (χ3v) is 4.31. The Morgan fingerprint density at radius 1 is 1.07 bits per heavy atom. The molecule has 6 heteroatoms. The normalized spacial score (nSPS) is 10.5. The smallest absolute Gasteiger partial charge is 0.338 e.